The first-order chi connectivity index (χ1) is 7.69. The highest BCUT2D eigenvalue weighted by Gasteiger charge is 2.83. The summed E-state index contributed by atoms with van der Waals surface area (Å²) in [6.45, 7) is 0. The molecule has 0 radical (unpaired) electrons. The van der Waals surface area contributed by atoms with Gasteiger partial charge in [-0.2, -0.15) is 39.5 Å². The summed E-state index contributed by atoms with van der Waals surface area (Å²) in [6.07, 6.45) is -6.95. The Morgan fingerprint density at radius 2 is 1.11 bits per heavy atom. The van der Waals surface area contributed by atoms with Crippen molar-refractivity contribution in [2.24, 2.45) is 0 Å². The highest BCUT2D eigenvalue weighted by Crippen LogP contribution is 2.58. The quantitative estimate of drug-likeness (QED) is 0.868. The molecule has 1 N–H and O–H groups in total. The number of rotatable bonds is 3. The van der Waals surface area contributed by atoms with Crippen LogP contribution in [0.1, 0.15) is 5.56 Å². The Hall–Kier alpha value is -1.42. The van der Waals surface area contributed by atoms with Gasteiger partial charge in [0.05, 0.1) is 0 Å². The van der Waals surface area contributed by atoms with Gasteiger partial charge in [-0.15, -0.1) is 0 Å². The van der Waals surface area contributed by atoms with Crippen LogP contribution in [0.5, 0.6) is 5.75 Å². The molecular formula is C7HF9O2. The van der Waals surface area contributed by atoms with Crippen molar-refractivity contribution in [3.05, 3.63) is 15.8 Å². The average molecular weight is 288 g/mol. The Labute approximate surface area is 91.3 Å². The third kappa shape index (κ3) is 1.56. The van der Waals surface area contributed by atoms with Gasteiger partial charge in [-0.1, -0.05) is 0 Å². The minimum atomic E-state index is -7.07. The van der Waals surface area contributed by atoms with E-state index in [2.05, 4.69) is 0 Å². The van der Waals surface area contributed by atoms with Crippen molar-refractivity contribution in [1.82, 2.24) is 0 Å². The Morgan fingerprint density at radius 3 is 1.33 bits per heavy atom. The van der Waals surface area contributed by atoms with E-state index in [1.165, 1.54) is 0 Å². The highest BCUT2D eigenvalue weighted by molar-refractivity contribution is 5.50. The molecule has 11 heteroatoms. The van der Waals surface area contributed by atoms with E-state index in [0.29, 0.717) is 0 Å². The maximum absolute atomic E-state index is 12.7. The summed E-state index contributed by atoms with van der Waals surface area (Å²) in [6, 6.07) is 0. The number of aromatic hydroxyl groups is 1. The second-order valence-electron chi connectivity index (χ2n) is 3.27. The molecule has 0 bridgehead atoms. The van der Waals surface area contributed by atoms with Gasteiger partial charge >= 0.3 is 23.9 Å². The molecule has 2 nitrogen and oxygen atoms in total. The molecule has 1 aromatic rings. The van der Waals surface area contributed by atoms with E-state index in [-0.39, 0.29) is 0 Å². The van der Waals surface area contributed by atoms with Gasteiger partial charge in [0.2, 0.25) is 5.43 Å². The molecule has 0 fully saturated rings. The summed E-state index contributed by atoms with van der Waals surface area (Å²) >= 11 is 0. The van der Waals surface area contributed by atoms with Crippen LogP contribution in [0, 0.1) is 0 Å². The summed E-state index contributed by atoms with van der Waals surface area (Å²) in [5.41, 5.74) is -4.53. The molecule has 0 unspecified atom stereocenters. The zero-order chi connectivity index (χ0) is 14.7. The smallest absolute Gasteiger partial charge is 0.460 e. The minimum absolute atomic E-state index is 1.95. The lowest BCUT2D eigenvalue weighted by Gasteiger charge is -2.32. The first-order valence-corrected chi connectivity index (χ1v) is 3.88. The molecule has 104 valence electrons. The molecule has 0 aromatic heterocycles. The van der Waals surface area contributed by atoms with E-state index < -0.39 is 40.7 Å². The summed E-state index contributed by atoms with van der Waals surface area (Å²) in [5.74, 6) is -22.1. The molecule has 0 aliphatic carbocycles. The van der Waals surface area contributed by atoms with E-state index in [0.717, 1.165) is 0 Å². The Bertz CT molecular complexity index is 477. The summed E-state index contributed by atoms with van der Waals surface area (Å²) in [4.78, 5) is 10.2. The van der Waals surface area contributed by atoms with Crippen LogP contribution in [0.25, 0.3) is 0 Å². The number of alkyl halides is 9. The van der Waals surface area contributed by atoms with Gasteiger partial charge in [0.25, 0.3) is 0 Å². The van der Waals surface area contributed by atoms with Crippen molar-refractivity contribution < 1.29 is 44.6 Å². The summed E-state index contributed by atoms with van der Waals surface area (Å²) in [7, 11) is 0. The number of halogens is 9. The van der Waals surface area contributed by atoms with Crippen LogP contribution in [0.3, 0.4) is 0 Å². The van der Waals surface area contributed by atoms with Crippen LogP contribution in [0.2, 0.25) is 0 Å². The molecule has 1 rings (SSSR count). The molecule has 1 aromatic carbocycles. The lowest BCUT2D eigenvalue weighted by molar-refractivity contribution is -0.399. The molecule has 0 amide bonds. The van der Waals surface area contributed by atoms with E-state index in [9.17, 15) is 44.3 Å². The maximum atomic E-state index is 12.7. The molecule has 0 heterocycles. The van der Waals surface area contributed by atoms with Crippen molar-refractivity contribution in [3.63, 3.8) is 0 Å². The second kappa shape index (κ2) is 3.32. The summed E-state index contributed by atoms with van der Waals surface area (Å²) < 4.78 is 110. The zero-order valence-electron chi connectivity index (χ0n) is 7.76. The first-order valence-electron chi connectivity index (χ1n) is 3.88. The summed E-state index contributed by atoms with van der Waals surface area (Å²) in [5, 5.41) is 8.25. The predicted octanol–water partition coefficient (Wildman–Crippen LogP) is 2.55. The van der Waals surface area contributed by atoms with E-state index >= 15 is 0 Å². The zero-order valence-corrected chi connectivity index (χ0v) is 7.76. The van der Waals surface area contributed by atoms with Gasteiger partial charge in [0, 0.05) is 0 Å². The third-order valence-electron chi connectivity index (χ3n) is 2.08. The van der Waals surface area contributed by atoms with E-state index in [4.69, 9.17) is 5.11 Å². The molecule has 0 spiro atoms. The lowest BCUT2D eigenvalue weighted by atomic mass is 10.0. The maximum Gasteiger partial charge on any atom is 0.460 e. The topological polar surface area (TPSA) is 37.3 Å². The Morgan fingerprint density at radius 1 is 0.778 bits per heavy atom. The van der Waals surface area contributed by atoms with Crippen molar-refractivity contribution in [2.45, 2.75) is 23.9 Å². The van der Waals surface area contributed by atoms with Crippen LogP contribution in [0.15, 0.2) is 4.79 Å². The van der Waals surface area contributed by atoms with Crippen molar-refractivity contribution >= 4 is 0 Å². The van der Waals surface area contributed by atoms with E-state index in [1.807, 2.05) is 0 Å². The van der Waals surface area contributed by atoms with Crippen molar-refractivity contribution in [1.29, 1.82) is 0 Å². The monoisotopic (exact) mass is 288 g/mol. The Balaban J connectivity index is 3.31. The number of hydrogen-bond acceptors (Lipinski definition) is 2. The van der Waals surface area contributed by atoms with Crippen LogP contribution in [0.4, 0.5) is 39.5 Å². The van der Waals surface area contributed by atoms with E-state index in [1.54, 1.807) is 0 Å². The van der Waals surface area contributed by atoms with Crippen LogP contribution in [-0.4, -0.2) is 23.1 Å². The largest absolute Gasteiger partial charge is 0.504 e. The standard InChI is InChI=1S/C7HF9O2/c8-4(9,1-2(17)3(1)18)5(10,11)6(12,13)7(14,15)16/h17H. The van der Waals surface area contributed by atoms with Gasteiger partial charge in [0.1, 0.15) is 5.56 Å². The fourth-order valence-corrected chi connectivity index (χ4v) is 0.984. The molecule has 0 aliphatic rings. The molecule has 0 saturated heterocycles. The van der Waals surface area contributed by atoms with Crippen molar-refractivity contribution in [2.75, 3.05) is 0 Å². The lowest BCUT2D eigenvalue weighted by Crippen LogP contribution is -2.59. The fourth-order valence-electron chi connectivity index (χ4n) is 0.984. The minimum Gasteiger partial charge on any atom is -0.504 e. The van der Waals surface area contributed by atoms with Gasteiger partial charge in [-0.3, -0.25) is 4.79 Å². The second-order valence-corrected chi connectivity index (χ2v) is 3.27. The molecule has 18 heavy (non-hydrogen) atoms. The Kier molecular flexibility index (Phi) is 2.70. The SMILES string of the molecule is O=c1c(O)c1C(F)(F)C(F)(F)C(F)(F)C(F)(F)F. The molecular weight excluding hydrogens is 287 g/mol. The van der Waals surface area contributed by atoms with Gasteiger partial charge in [-0.05, 0) is 0 Å². The average Bonchev–Trinajstić information content (AvgIpc) is 2.72. The van der Waals surface area contributed by atoms with Gasteiger partial charge in [0.15, 0.2) is 5.75 Å². The van der Waals surface area contributed by atoms with Crippen LogP contribution >= 0.6 is 0 Å². The fraction of sp³-hybridized carbons (Fsp3) is 0.571. The normalized spacial score (nSPS) is 15.4. The van der Waals surface area contributed by atoms with Gasteiger partial charge < -0.3 is 5.11 Å². The van der Waals surface area contributed by atoms with Crippen molar-refractivity contribution in [3.8, 4) is 5.75 Å². The molecule has 0 atom stereocenters. The van der Waals surface area contributed by atoms with Crippen LogP contribution < -0.4 is 5.43 Å². The highest BCUT2D eigenvalue weighted by atomic mass is 19.4. The first kappa shape index (κ1) is 14.6. The van der Waals surface area contributed by atoms with Crippen LogP contribution in [-0.2, 0) is 5.92 Å². The van der Waals surface area contributed by atoms with Gasteiger partial charge in [-0.25, -0.2) is 0 Å². The predicted molar refractivity (Wildman–Crippen MR) is 36.6 cm³/mol. The third-order valence-corrected chi connectivity index (χ3v) is 2.08. The molecule has 0 saturated carbocycles. The molecule has 0 aliphatic heterocycles. The number of hydrogen-bond donors (Lipinski definition) is 1.